The number of aryl methyl sites for hydroxylation is 1. The Hall–Kier alpha value is -2.04. The van der Waals surface area contributed by atoms with Crippen LogP contribution in [0.4, 0.5) is 4.79 Å². The number of hydrogen-bond acceptors (Lipinski definition) is 3. The van der Waals surface area contributed by atoms with Gasteiger partial charge >= 0.3 is 12.1 Å². The van der Waals surface area contributed by atoms with E-state index in [2.05, 4.69) is 10.1 Å². The monoisotopic (exact) mass is 265 g/mol. The zero-order valence-corrected chi connectivity index (χ0v) is 11.0. The molecule has 0 aromatic heterocycles. The van der Waals surface area contributed by atoms with E-state index in [4.69, 9.17) is 5.11 Å². The van der Waals surface area contributed by atoms with Gasteiger partial charge in [0, 0.05) is 13.0 Å². The van der Waals surface area contributed by atoms with E-state index in [0.717, 1.165) is 12.0 Å². The van der Waals surface area contributed by atoms with Gasteiger partial charge in [0.25, 0.3) is 0 Å². The van der Waals surface area contributed by atoms with Crippen molar-refractivity contribution in [2.75, 3.05) is 13.7 Å². The van der Waals surface area contributed by atoms with Crippen molar-refractivity contribution in [1.82, 2.24) is 5.32 Å². The second-order valence-corrected chi connectivity index (χ2v) is 4.36. The van der Waals surface area contributed by atoms with Crippen LogP contribution in [0.3, 0.4) is 0 Å². The summed E-state index contributed by atoms with van der Waals surface area (Å²) < 4.78 is 4.47. The number of methoxy groups -OCH3 is 1. The summed E-state index contributed by atoms with van der Waals surface area (Å²) in [5.74, 6) is -0.957. The lowest BCUT2D eigenvalue weighted by molar-refractivity contribution is -0.138. The predicted octanol–water partition coefficient (Wildman–Crippen LogP) is 2.07. The Bertz CT molecular complexity index is 405. The average Bonchev–Trinajstić information content (AvgIpc) is 2.42. The molecule has 1 aromatic carbocycles. The van der Waals surface area contributed by atoms with Gasteiger partial charge < -0.3 is 15.2 Å². The number of benzene rings is 1. The Morgan fingerprint density at radius 1 is 1.32 bits per heavy atom. The highest BCUT2D eigenvalue weighted by Crippen LogP contribution is 2.13. The molecule has 0 saturated heterocycles. The molecule has 0 unspecified atom stereocenters. The topological polar surface area (TPSA) is 75.6 Å². The smallest absolute Gasteiger partial charge is 0.406 e. The predicted molar refractivity (Wildman–Crippen MR) is 70.9 cm³/mol. The molecule has 0 aliphatic carbocycles. The van der Waals surface area contributed by atoms with Crippen molar-refractivity contribution in [3.63, 3.8) is 0 Å². The Kier molecular flexibility index (Phi) is 6.43. The maximum atomic E-state index is 11.0. The van der Waals surface area contributed by atoms with Gasteiger partial charge in [-0.2, -0.15) is 0 Å². The molecule has 104 valence electrons. The Morgan fingerprint density at radius 2 is 2.00 bits per heavy atom. The van der Waals surface area contributed by atoms with Crippen LogP contribution in [-0.4, -0.2) is 30.8 Å². The van der Waals surface area contributed by atoms with Gasteiger partial charge in [0.2, 0.25) is 0 Å². The zero-order chi connectivity index (χ0) is 14.1. The third kappa shape index (κ3) is 6.45. The zero-order valence-electron chi connectivity index (χ0n) is 11.0. The third-order valence-electron chi connectivity index (χ3n) is 2.87. The quantitative estimate of drug-likeness (QED) is 0.791. The first kappa shape index (κ1) is 15.0. The summed E-state index contributed by atoms with van der Waals surface area (Å²) in [5.41, 5.74) is 1.16. The van der Waals surface area contributed by atoms with Crippen molar-refractivity contribution in [2.45, 2.75) is 19.3 Å². The van der Waals surface area contributed by atoms with Crippen molar-refractivity contribution in [3.05, 3.63) is 35.9 Å². The summed E-state index contributed by atoms with van der Waals surface area (Å²) in [7, 11) is 1.28. The van der Waals surface area contributed by atoms with Crippen molar-refractivity contribution in [1.29, 1.82) is 0 Å². The van der Waals surface area contributed by atoms with E-state index >= 15 is 0 Å². The summed E-state index contributed by atoms with van der Waals surface area (Å²) in [5, 5.41) is 11.4. The minimum absolute atomic E-state index is 0.0385. The van der Waals surface area contributed by atoms with Gasteiger partial charge in [0.15, 0.2) is 0 Å². The fraction of sp³-hybridized carbons (Fsp3) is 0.429. The minimum Gasteiger partial charge on any atom is -0.481 e. The molecule has 1 atom stereocenters. The summed E-state index contributed by atoms with van der Waals surface area (Å²) in [6.45, 7) is 0.311. The van der Waals surface area contributed by atoms with Crippen LogP contribution in [0.5, 0.6) is 0 Å². The first-order chi connectivity index (χ1) is 9.11. The largest absolute Gasteiger partial charge is 0.481 e. The summed E-state index contributed by atoms with van der Waals surface area (Å²) in [6.07, 6.45) is 1.01. The lowest BCUT2D eigenvalue weighted by Crippen LogP contribution is -2.30. The molecule has 2 N–H and O–H groups in total. The maximum absolute atomic E-state index is 11.0. The van der Waals surface area contributed by atoms with Crippen LogP contribution in [0.1, 0.15) is 18.4 Å². The standard InChI is InChI=1S/C14H19NO4/c1-19-14(18)15-10-12(9-13(16)17)8-7-11-5-3-2-4-6-11/h2-6,12H,7-10H2,1H3,(H,15,18)(H,16,17)/t12-/m1/s1. The van der Waals surface area contributed by atoms with E-state index in [1.807, 2.05) is 30.3 Å². The SMILES string of the molecule is COC(=O)NC[C@H](CCc1ccccc1)CC(=O)O. The van der Waals surface area contributed by atoms with Crippen LogP contribution in [0.25, 0.3) is 0 Å². The molecule has 0 fully saturated rings. The number of nitrogens with one attached hydrogen (secondary N) is 1. The van der Waals surface area contributed by atoms with Gasteiger partial charge in [-0.25, -0.2) is 4.79 Å². The minimum atomic E-state index is -0.857. The van der Waals surface area contributed by atoms with Crippen LogP contribution in [0.15, 0.2) is 30.3 Å². The van der Waals surface area contributed by atoms with E-state index in [1.165, 1.54) is 7.11 Å². The molecule has 0 bridgehead atoms. The van der Waals surface area contributed by atoms with Crippen molar-refractivity contribution >= 4 is 12.1 Å². The van der Waals surface area contributed by atoms with E-state index < -0.39 is 12.1 Å². The molecule has 0 saturated carbocycles. The van der Waals surface area contributed by atoms with Crippen molar-refractivity contribution in [2.24, 2.45) is 5.92 Å². The Balaban J connectivity index is 2.45. The summed E-state index contributed by atoms with van der Waals surface area (Å²) in [4.78, 5) is 21.8. The molecular weight excluding hydrogens is 246 g/mol. The maximum Gasteiger partial charge on any atom is 0.406 e. The number of rotatable bonds is 7. The number of alkyl carbamates (subject to hydrolysis) is 1. The van der Waals surface area contributed by atoms with Crippen LogP contribution < -0.4 is 5.32 Å². The van der Waals surface area contributed by atoms with Crippen LogP contribution in [0.2, 0.25) is 0 Å². The Morgan fingerprint density at radius 3 is 2.58 bits per heavy atom. The van der Waals surface area contributed by atoms with Crippen molar-refractivity contribution < 1.29 is 19.4 Å². The number of carboxylic acids is 1. The third-order valence-corrected chi connectivity index (χ3v) is 2.87. The highest BCUT2D eigenvalue weighted by atomic mass is 16.5. The highest BCUT2D eigenvalue weighted by Gasteiger charge is 2.14. The number of aliphatic carboxylic acids is 1. The molecule has 0 heterocycles. The van der Waals surface area contributed by atoms with Gasteiger partial charge in [0.05, 0.1) is 7.11 Å². The fourth-order valence-corrected chi connectivity index (χ4v) is 1.84. The lowest BCUT2D eigenvalue weighted by atomic mass is 9.96. The van der Waals surface area contributed by atoms with Gasteiger partial charge in [-0.1, -0.05) is 30.3 Å². The molecule has 1 amide bonds. The van der Waals surface area contributed by atoms with Crippen LogP contribution >= 0.6 is 0 Å². The fourth-order valence-electron chi connectivity index (χ4n) is 1.84. The van der Waals surface area contributed by atoms with E-state index in [-0.39, 0.29) is 12.3 Å². The second kappa shape index (κ2) is 8.13. The number of hydrogen-bond donors (Lipinski definition) is 2. The first-order valence-electron chi connectivity index (χ1n) is 6.19. The van der Waals surface area contributed by atoms with Gasteiger partial charge in [0.1, 0.15) is 0 Å². The molecule has 0 aliphatic heterocycles. The summed E-state index contributed by atoms with van der Waals surface area (Å²) in [6, 6.07) is 9.86. The molecule has 1 rings (SSSR count). The normalized spacial score (nSPS) is 11.6. The van der Waals surface area contributed by atoms with Gasteiger partial charge in [-0.3, -0.25) is 4.79 Å². The molecule has 0 aliphatic rings. The molecule has 0 radical (unpaired) electrons. The number of ether oxygens (including phenoxy) is 1. The number of carbonyl (C=O) groups excluding carboxylic acids is 1. The lowest BCUT2D eigenvalue weighted by Gasteiger charge is -2.15. The van der Waals surface area contributed by atoms with Crippen LogP contribution in [0, 0.1) is 5.92 Å². The molecular formula is C14H19NO4. The molecule has 19 heavy (non-hydrogen) atoms. The Labute approximate surface area is 112 Å². The number of amides is 1. The van der Waals surface area contributed by atoms with E-state index in [9.17, 15) is 9.59 Å². The molecule has 0 spiro atoms. The molecule has 5 heteroatoms. The second-order valence-electron chi connectivity index (χ2n) is 4.36. The first-order valence-corrected chi connectivity index (χ1v) is 6.19. The van der Waals surface area contributed by atoms with Crippen LogP contribution in [-0.2, 0) is 16.0 Å². The van der Waals surface area contributed by atoms with Crippen molar-refractivity contribution in [3.8, 4) is 0 Å². The highest BCUT2D eigenvalue weighted by molar-refractivity contribution is 5.68. The van der Waals surface area contributed by atoms with Gasteiger partial charge in [-0.05, 0) is 24.3 Å². The molecule has 1 aromatic rings. The van der Waals surface area contributed by atoms with E-state index in [1.54, 1.807) is 0 Å². The number of carbonyl (C=O) groups is 2. The van der Waals surface area contributed by atoms with Gasteiger partial charge in [-0.15, -0.1) is 0 Å². The summed E-state index contributed by atoms with van der Waals surface area (Å²) >= 11 is 0. The molecule has 5 nitrogen and oxygen atoms in total. The number of carboxylic acid groups (broad SMARTS) is 1. The van der Waals surface area contributed by atoms with E-state index in [0.29, 0.717) is 13.0 Å². The average molecular weight is 265 g/mol.